The van der Waals surface area contributed by atoms with Gasteiger partial charge < -0.3 is 19.5 Å². The fraction of sp³-hybridized carbons (Fsp3) is 0.263. The summed E-state index contributed by atoms with van der Waals surface area (Å²) in [6, 6.07) is 9.80. The van der Waals surface area contributed by atoms with E-state index in [1.54, 1.807) is 18.2 Å². The summed E-state index contributed by atoms with van der Waals surface area (Å²) < 4.78 is 28.8. The number of carbonyl (C=O) groups is 2. The van der Waals surface area contributed by atoms with Crippen molar-refractivity contribution >= 4 is 11.9 Å². The summed E-state index contributed by atoms with van der Waals surface area (Å²) in [5.74, 6) is -0.196. The lowest BCUT2D eigenvalue weighted by Gasteiger charge is -2.20. The van der Waals surface area contributed by atoms with Crippen LogP contribution < -0.4 is 14.8 Å². The maximum absolute atomic E-state index is 13.2. The van der Waals surface area contributed by atoms with E-state index in [0.29, 0.717) is 35.8 Å². The van der Waals surface area contributed by atoms with Crippen LogP contribution in [0, 0.1) is 5.82 Å². The minimum absolute atomic E-state index is 0.0710. The number of amides is 1. The molecule has 2 aromatic rings. The Morgan fingerprint density at radius 3 is 2.50 bits per heavy atom. The average molecular weight is 359 g/mol. The Morgan fingerprint density at radius 2 is 1.81 bits per heavy atom. The lowest BCUT2D eigenvalue weighted by atomic mass is 10.0. The molecule has 0 saturated carbocycles. The van der Waals surface area contributed by atoms with Crippen LogP contribution in [0.1, 0.15) is 28.4 Å². The molecule has 0 spiro atoms. The molecule has 0 fully saturated rings. The minimum atomic E-state index is -0.649. The molecule has 0 aliphatic carbocycles. The zero-order chi connectivity index (χ0) is 18.5. The van der Waals surface area contributed by atoms with Gasteiger partial charge in [-0.05, 0) is 35.9 Å². The van der Waals surface area contributed by atoms with Crippen molar-refractivity contribution in [1.29, 1.82) is 0 Å². The van der Waals surface area contributed by atoms with Crippen LogP contribution in [-0.4, -0.2) is 32.2 Å². The summed E-state index contributed by atoms with van der Waals surface area (Å²) in [5.41, 5.74) is 0.967. The van der Waals surface area contributed by atoms with Gasteiger partial charge in [-0.2, -0.15) is 0 Å². The second kappa shape index (κ2) is 7.86. The molecular formula is C19H18FNO5. The van der Waals surface area contributed by atoms with Gasteiger partial charge in [-0.3, -0.25) is 9.59 Å². The first-order valence-corrected chi connectivity index (χ1v) is 8.09. The van der Waals surface area contributed by atoms with Crippen LogP contribution in [0.25, 0.3) is 0 Å². The van der Waals surface area contributed by atoms with E-state index in [2.05, 4.69) is 10.1 Å². The normalized spacial score (nSPS) is 13.6. The number of benzene rings is 2. The van der Waals surface area contributed by atoms with Crippen molar-refractivity contribution in [3.05, 3.63) is 59.4 Å². The highest BCUT2D eigenvalue weighted by Crippen LogP contribution is 2.31. The van der Waals surface area contributed by atoms with Crippen LogP contribution in [0.2, 0.25) is 0 Å². The van der Waals surface area contributed by atoms with Crippen LogP contribution >= 0.6 is 0 Å². The van der Waals surface area contributed by atoms with E-state index < -0.39 is 17.8 Å². The van der Waals surface area contributed by atoms with Gasteiger partial charge in [-0.15, -0.1) is 0 Å². The van der Waals surface area contributed by atoms with Crippen molar-refractivity contribution in [3.8, 4) is 11.5 Å². The summed E-state index contributed by atoms with van der Waals surface area (Å²) in [6.07, 6.45) is -0.0710. The van der Waals surface area contributed by atoms with Crippen molar-refractivity contribution < 1.29 is 28.2 Å². The topological polar surface area (TPSA) is 73.9 Å². The standard InChI is InChI=1S/C19H18FNO5/c1-24-18(22)11-15(12-2-5-14(20)6-3-12)21-19(23)13-4-7-16-17(10-13)26-9-8-25-16/h2-7,10,15H,8-9,11H2,1H3,(H,21,23)/t15-/m1/s1. The van der Waals surface area contributed by atoms with E-state index >= 15 is 0 Å². The van der Waals surface area contributed by atoms with E-state index in [1.165, 1.54) is 31.4 Å². The lowest BCUT2D eigenvalue weighted by molar-refractivity contribution is -0.141. The largest absolute Gasteiger partial charge is 0.486 e. The number of halogens is 1. The fourth-order valence-corrected chi connectivity index (χ4v) is 2.62. The lowest BCUT2D eigenvalue weighted by Crippen LogP contribution is -2.30. The predicted molar refractivity (Wildman–Crippen MR) is 90.7 cm³/mol. The molecule has 1 atom stereocenters. The third-order valence-electron chi connectivity index (χ3n) is 3.98. The number of nitrogens with one attached hydrogen (secondary N) is 1. The van der Waals surface area contributed by atoms with Crippen molar-refractivity contribution in [2.24, 2.45) is 0 Å². The van der Waals surface area contributed by atoms with Crippen LogP contribution in [-0.2, 0) is 9.53 Å². The zero-order valence-electron chi connectivity index (χ0n) is 14.2. The van der Waals surface area contributed by atoms with Gasteiger partial charge in [0.15, 0.2) is 11.5 Å². The summed E-state index contributed by atoms with van der Waals surface area (Å²) in [7, 11) is 1.27. The van der Waals surface area contributed by atoms with Gasteiger partial charge in [0.25, 0.3) is 5.91 Å². The molecule has 0 saturated heterocycles. The van der Waals surface area contributed by atoms with Gasteiger partial charge in [0.05, 0.1) is 19.6 Å². The quantitative estimate of drug-likeness (QED) is 0.831. The summed E-state index contributed by atoms with van der Waals surface area (Å²) in [5, 5.41) is 2.78. The van der Waals surface area contributed by atoms with Crippen LogP contribution in [0.15, 0.2) is 42.5 Å². The minimum Gasteiger partial charge on any atom is -0.486 e. The van der Waals surface area contributed by atoms with Gasteiger partial charge in [-0.1, -0.05) is 12.1 Å². The molecule has 1 aliphatic heterocycles. The van der Waals surface area contributed by atoms with Gasteiger partial charge in [0, 0.05) is 5.56 Å². The smallest absolute Gasteiger partial charge is 0.307 e. The summed E-state index contributed by atoms with van der Waals surface area (Å²) in [6.45, 7) is 0.878. The Bertz CT molecular complexity index is 806. The average Bonchev–Trinajstić information content (AvgIpc) is 2.67. The van der Waals surface area contributed by atoms with E-state index in [4.69, 9.17) is 9.47 Å². The predicted octanol–water partition coefficient (Wildman–Crippen LogP) is 2.63. The number of rotatable bonds is 5. The maximum Gasteiger partial charge on any atom is 0.307 e. The van der Waals surface area contributed by atoms with E-state index in [0.717, 1.165) is 0 Å². The van der Waals surface area contributed by atoms with Gasteiger partial charge in [0.1, 0.15) is 19.0 Å². The number of esters is 1. The molecule has 0 aromatic heterocycles. The molecule has 7 heteroatoms. The second-order valence-corrected chi connectivity index (χ2v) is 5.72. The van der Waals surface area contributed by atoms with Crippen molar-refractivity contribution in [2.75, 3.05) is 20.3 Å². The first kappa shape index (κ1) is 17.7. The highest BCUT2D eigenvalue weighted by atomic mass is 19.1. The van der Waals surface area contributed by atoms with Crippen LogP contribution in [0.5, 0.6) is 11.5 Å². The first-order valence-electron chi connectivity index (χ1n) is 8.09. The molecular weight excluding hydrogens is 341 g/mol. The van der Waals surface area contributed by atoms with E-state index in [9.17, 15) is 14.0 Å². The molecule has 1 N–H and O–H groups in total. The SMILES string of the molecule is COC(=O)C[C@@H](NC(=O)c1ccc2c(c1)OCCO2)c1ccc(F)cc1. The number of hydrogen-bond acceptors (Lipinski definition) is 5. The number of fused-ring (bicyclic) bond motifs is 1. The third-order valence-corrected chi connectivity index (χ3v) is 3.98. The zero-order valence-corrected chi connectivity index (χ0v) is 14.2. The van der Waals surface area contributed by atoms with Crippen LogP contribution in [0.3, 0.4) is 0 Å². The van der Waals surface area contributed by atoms with Crippen molar-refractivity contribution in [3.63, 3.8) is 0 Å². The Morgan fingerprint density at radius 1 is 1.12 bits per heavy atom. The highest BCUT2D eigenvalue weighted by Gasteiger charge is 2.21. The second-order valence-electron chi connectivity index (χ2n) is 5.72. The Labute approximate surface area is 149 Å². The number of methoxy groups -OCH3 is 1. The molecule has 26 heavy (non-hydrogen) atoms. The summed E-state index contributed by atoms with van der Waals surface area (Å²) >= 11 is 0. The molecule has 6 nitrogen and oxygen atoms in total. The Kier molecular flexibility index (Phi) is 5.36. The summed E-state index contributed by atoms with van der Waals surface area (Å²) in [4.78, 5) is 24.3. The highest BCUT2D eigenvalue weighted by molar-refractivity contribution is 5.95. The molecule has 1 amide bonds. The maximum atomic E-state index is 13.2. The molecule has 0 radical (unpaired) electrons. The Hall–Kier alpha value is -3.09. The number of carbonyl (C=O) groups excluding carboxylic acids is 2. The molecule has 0 bridgehead atoms. The first-order chi connectivity index (χ1) is 12.6. The Balaban J connectivity index is 1.80. The van der Waals surface area contributed by atoms with Gasteiger partial charge in [-0.25, -0.2) is 4.39 Å². The van der Waals surface area contributed by atoms with Crippen LogP contribution in [0.4, 0.5) is 4.39 Å². The monoisotopic (exact) mass is 359 g/mol. The number of hydrogen-bond donors (Lipinski definition) is 1. The molecule has 2 aromatic carbocycles. The molecule has 0 unspecified atom stereocenters. The van der Waals surface area contributed by atoms with Crippen molar-refractivity contribution in [2.45, 2.75) is 12.5 Å². The van der Waals surface area contributed by atoms with E-state index in [1.807, 2.05) is 0 Å². The molecule has 3 rings (SSSR count). The molecule has 1 aliphatic rings. The fourth-order valence-electron chi connectivity index (χ4n) is 2.62. The van der Waals surface area contributed by atoms with Gasteiger partial charge >= 0.3 is 5.97 Å². The molecule has 136 valence electrons. The van der Waals surface area contributed by atoms with Gasteiger partial charge in [0.2, 0.25) is 0 Å². The third kappa shape index (κ3) is 4.11. The molecule has 1 heterocycles. The van der Waals surface area contributed by atoms with E-state index in [-0.39, 0.29) is 12.3 Å². The van der Waals surface area contributed by atoms with Crippen molar-refractivity contribution in [1.82, 2.24) is 5.32 Å². The number of ether oxygens (including phenoxy) is 3.